The average Bonchev–Trinajstić information content (AvgIpc) is 2.65. The average molecular weight is 375 g/mol. The van der Waals surface area contributed by atoms with E-state index in [1.54, 1.807) is 6.07 Å². The summed E-state index contributed by atoms with van der Waals surface area (Å²) in [5, 5.41) is 2.74. The Bertz CT molecular complexity index is 891. The van der Waals surface area contributed by atoms with E-state index in [2.05, 4.69) is 5.32 Å². The van der Waals surface area contributed by atoms with Crippen molar-refractivity contribution in [3.05, 3.63) is 53.6 Å². The third-order valence-electron chi connectivity index (χ3n) is 4.08. The molecule has 0 saturated heterocycles. The molecule has 7 heteroatoms. The zero-order valence-corrected chi connectivity index (χ0v) is 15.3. The molecule has 1 heterocycles. The van der Waals surface area contributed by atoms with Crippen LogP contribution in [0.3, 0.4) is 0 Å². The Kier molecular flexibility index (Phi) is 5.46. The summed E-state index contributed by atoms with van der Waals surface area (Å²) in [5.74, 6) is 0.394. The summed E-state index contributed by atoms with van der Waals surface area (Å²) in [4.78, 5) is 12.1. The number of hydrogen-bond acceptors (Lipinski definition) is 5. The van der Waals surface area contributed by atoms with Gasteiger partial charge in [0, 0.05) is 19.0 Å². The predicted molar refractivity (Wildman–Crippen MR) is 97.1 cm³/mol. The lowest BCUT2D eigenvalue weighted by molar-refractivity contribution is -0.120. The smallest absolute Gasteiger partial charge is 0.221 e. The van der Waals surface area contributed by atoms with Gasteiger partial charge in [-0.3, -0.25) is 4.79 Å². The van der Waals surface area contributed by atoms with E-state index in [1.165, 1.54) is 12.1 Å². The summed E-state index contributed by atoms with van der Waals surface area (Å²) >= 11 is 0. The molecule has 0 unspecified atom stereocenters. The Morgan fingerprint density at radius 1 is 1.04 bits per heavy atom. The highest BCUT2D eigenvalue weighted by Crippen LogP contribution is 2.32. The van der Waals surface area contributed by atoms with Crippen LogP contribution in [0.4, 0.5) is 0 Å². The minimum atomic E-state index is -3.57. The highest BCUT2D eigenvalue weighted by Gasteiger charge is 2.20. The number of fused-ring (bicyclic) bond motifs is 1. The topological polar surface area (TPSA) is 81.7 Å². The number of nitrogens with one attached hydrogen (secondary N) is 1. The van der Waals surface area contributed by atoms with Gasteiger partial charge in [0.25, 0.3) is 0 Å². The number of carbonyl (C=O) groups is 1. The molecule has 1 aliphatic rings. The maximum absolute atomic E-state index is 12.5. The van der Waals surface area contributed by atoms with E-state index in [0.29, 0.717) is 31.3 Å². The second kappa shape index (κ2) is 7.78. The van der Waals surface area contributed by atoms with Crippen molar-refractivity contribution < 1.29 is 22.7 Å². The van der Waals surface area contributed by atoms with Crippen LogP contribution in [0.1, 0.15) is 17.5 Å². The third kappa shape index (κ3) is 4.54. The Balaban J connectivity index is 1.56. The zero-order valence-electron chi connectivity index (χ0n) is 14.5. The number of aryl methyl sites for hydroxylation is 1. The molecule has 0 atom stereocenters. The van der Waals surface area contributed by atoms with Crippen molar-refractivity contribution in [3.8, 4) is 11.5 Å². The van der Waals surface area contributed by atoms with Gasteiger partial charge in [0.15, 0.2) is 21.3 Å². The molecule has 0 aliphatic carbocycles. The lowest BCUT2D eigenvalue weighted by Gasteiger charge is -2.18. The number of ether oxygens (including phenoxy) is 2. The molecule has 0 spiro atoms. The van der Waals surface area contributed by atoms with E-state index in [4.69, 9.17) is 9.47 Å². The molecule has 1 aliphatic heterocycles. The third-order valence-corrected chi connectivity index (χ3v) is 5.79. The predicted octanol–water partition coefficient (Wildman–Crippen LogP) is 2.25. The van der Waals surface area contributed by atoms with Crippen LogP contribution >= 0.6 is 0 Å². The molecule has 3 rings (SSSR count). The van der Waals surface area contributed by atoms with Crippen LogP contribution in [0.25, 0.3) is 0 Å². The van der Waals surface area contributed by atoms with Crippen LogP contribution in [0.15, 0.2) is 47.4 Å². The lowest BCUT2D eigenvalue weighted by Crippen LogP contribution is -2.25. The molecule has 1 N–H and O–H groups in total. The van der Waals surface area contributed by atoms with Crippen molar-refractivity contribution >= 4 is 15.7 Å². The summed E-state index contributed by atoms with van der Waals surface area (Å²) < 4.78 is 35.7. The van der Waals surface area contributed by atoms with E-state index in [9.17, 15) is 13.2 Å². The fraction of sp³-hybridized carbons (Fsp3) is 0.316. The van der Waals surface area contributed by atoms with Gasteiger partial charge in [-0.15, -0.1) is 0 Å². The quantitative estimate of drug-likeness (QED) is 0.837. The van der Waals surface area contributed by atoms with Gasteiger partial charge in [-0.2, -0.15) is 0 Å². The van der Waals surface area contributed by atoms with Crippen LogP contribution < -0.4 is 14.8 Å². The number of carbonyl (C=O) groups excluding carboxylic acids is 1. The van der Waals surface area contributed by atoms with Gasteiger partial charge in [0.2, 0.25) is 5.91 Å². The maximum atomic E-state index is 12.5. The number of benzene rings is 2. The fourth-order valence-corrected chi connectivity index (χ4v) is 3.81. The first-order valence-corrected chi connectivity index (χ1v) is 10.0. The molecule has 0 radical (unpaired) electrons. The molecule has 2 aromatic rings. The minimum Gasteiger partial charge on any atom is -0.486 e. The second-order valence-electron chi connectivity index (χ2n) is 6.14. The first-order valence-electron chi connectivity index (χ1n) is 8.39. The first kappa shape index (κ1) is 18.3. The van der Waals surface area contributed by atoms with Crippen molar-refractivity contribution in [2.75, 3.05) is 19.0 Å². The summed E-state index contributed by atoms with van der Waals surface area (Å²) in [6.45, 7) is 3.20. The second-order valence-corrected chi connectivity index (χ2v) is 8.25. The normalized spacial score (nSPS) is 13.3. The molecular weight excluding hydrogens is 354 g/mol. The maximum Gasteiger partial charge on any atom is 0.221 e. The van der Waals surface area contributed by atoms with Crippen LogP contribution in [0.5, 0.6) is 11.5 Å². The van der Waals surface area contributed by atoms with Gasteiger partial charge in [0.05, 0.1) is 10.6 Å². The number of rotatable bonds is 6. The van der Waals surface area contributed by atoms with Crippen molar-refractivity contribution in [2.45, 2.75) is 24.8 Å². The summed E-state index contributed by atoms with van der Waals surface area (Å²) in [7, 11) is -3.57. The van der Waals surface area contributed by atoms with Crippen LogP contribution in [-0.2, 0) is 21.2 Å². The van der Waals surface area contributed by atoms with Crippen molar-refractivity contribution in [2.24, 2.45) is 0 Å². The Morgan fingerprint density at radius 3 is 2.46 bits per heavy atom. The molecule has 0 bridgehead atoms. The van der Waals surface area contributed by atoms with Gasteiger partial charge in [-0.25, -0.2) is 8.42 Å². The van der Waals surface area contributed by atoms with Gasteiger partial charge in [-0.05, 0) is 24.6 Å². The van der Waals surface area contributed by atoms with Gasteiger partial charge < -0.3 is 14.8 Å². The molecule has 0 aromatic heterocycles. The minimum absolute atomic E-state index is 0.0946. The lowest BCUT2D eigenvalue weighted by atomic mass is 10.1. The standard InChI is InChI=1S/C19H21NO5S/c1-14-2-4-15(5-3-14)13-20-19(21)8-11-26(22,23)16-6-7-17-18(12-16)25-10-9-24-17/h2-7,12H,8-11,13H2,1H3,(H,20,21). The van der Waals surface area contributed by atoms with Gasteiger partial charge >= 0.3 is 0 Å². The first-order chi connectivity index (χ1) is 12.4. The highest BCUT2D eigenvalue weighted by molar-refractivity contribution is 7.91. The number of amides is 1. The molecule has 1 amide bonds. The molecule has 0 saturated carbocycles. The van der Waals surface area contributed by atoms with Gasteiger partial charge in [0.1, 0.15) is 13.2 Å². The van der Waals surface area contributed by atoms with Gasteiger partial charge in [-0.1, -0.05) is 29.8 Å². The van der Waals surface area contributed by atoms with Crippen LogP contribution in [0, 0.1) is 6.92 Å². The Hall–Kier alpha value is -2.54. The summed E-state index contributed by atoms with van der Waals surface area (Å²) in [6, 6.07) is 12.3. The monoisotopic (exact) mass is 375 g/mol. The SMILES string of the molecule is Cc1ccc(CNC(=O)CCS(=O)(=O)c2ccc3c(c2)OCCO3)cc1. The Morgan fingerprint density at radius 2 is 1.73 bits per heavy atom. The van der Waals surface area contributed by atoms with Crippen molar-refractivity contribution in [3.63, 3.8) is 0 Å². The summed E-state index contributed by atoms with van der Waals surface area (Å²) in [6.07, 6.45) is -0.0946. The number of sulfone groups is 1. The molecule has 138 valence electrons. The molecular formula is C19H21NO5S. The molecule has 2 aromatic carbocycles. The van der Waals surface area contributed by atoms with E-state index in [-0.39, 0.29) is 23.0 Å². The molecule has 6 nitrogen and oxygen atoms in total. The highest BCUT2D eigenvalue weighted by atomic mass is 32.2. The molecule has 26 heavy (non-hydrogen) atoms. The zero-order chi connectivity index (χ0) is 18.6. The van der Waals surface area contributed by atoms with E-state index in [1.807, 2.05) is 31.2 Å². The molecule has 0 fully saturated rings. The Labute approximate surface area is 153 Å². The van der Waals surface area contributed by atoms with E-state index >= 15 is 0 Å². The van der Waals surface area contributed by atoms with Crippen LogP contribution in [0.2, 0.25) is 0 Å². The summed E-state index contributed by atoms with van der Waals surface area (Å²) in [5.41, 5.74) is 2.12. The van der Waals surface area contributed by atoms with E-state index in [0.717, 1.165) is 11.1 Å². The largest absolute Gasteiger partial charge is 0.486 e. The fourth-order valence-electron chi connectivity index (χ4n) is 2.56. The van der Waals surface area contributed by atoms with Crippen molar-refractivity contribution in [1.29, 1.82) is 0 Å². The van der Waals surface area contributed by atoms with Crippen molar-refractivity contribution in [1.82, 2.24) is 5.32 Å². The number of hydrogen-bond donors (Lipinski definition) is 1. The van der Waals surface area contributed by atoms with Crippen LogP contribution in [-0.4, -0.2) is 33.3 Å². The van der Waals surface area contributed by atoms with E-state index < -0.39 is 9.84 Å².